The number of nitrogens with zero attached hydrogens (tertiary/aromatic N) is 1. The Morgan fingerprint density at radius 1 is 1.47 bits per heavy atom. The molecule has 0 saturated heterocycles. The molecular formula is C10H11N3O4. The van der Waals surface area contributed by atoms with Gasteiger partial charge in [0.2, 0.25) is 0 Å². The van der Waals surface area contributed by atoms with E-state index in [1.807, 2.05) is 0 Å². The van der Waals surface area contributed by atoms with Gasteiger partial charge in [0.1, 0.15) is 5.56 Å². The molecule has 1 aromatic rings. The van der Waals surface area contributed by atoms with Crippen molar-refractivity contribution in [2.24, 2.45) is 0 Å². The second-order valence-corrected chi connectivity index (χ2v) is 3.33. The number of carbonyl (C=O) groups is 1. The molecule has 1 aromatic carbocycles. The highest BCUT2D eigenvalue weighted by Crippen LogP contribution is 2.26. The zero-order valence-corrected chi connectivity index (χ0v) is 9.31. The van der Waals surface area contributed by atoms with Crippen molar-refractivity contribution >= 4 is 23.1 Å². The Kier molecular flexibility index (Phi) is 3.42. The number of hydrogen-bond donors (Lipinski definition) is 2. The molecule has 7 nitrogen and oxygen atoms in total. The van der Waals surface area contributed by atoms with Crippen LogP contribution in [-0.2, 0) is 4.74 Å². The average molecular weight is 237 g/mol. The van der Waals surface area contributed by atoms with Crippen LogP contribution < -0.4 is 5.73 Å². The van der Waals surface area contributed by atoms with Gasteiger partial charge in [-0.2, -0.15) is 0 Å². The lowest BCUT2D eigenvalue weighted by Gasteiger charge is -2.07. The third-order valence-corrected chi connectivity index (χ3v) is 2.17. The molecule has 90 valence electrons. The van der Waals surface area contributed by atoms with Crippen LogP contribution in [0.4, 0.5) is 11.4 Å². The number of nitro benzene ring substituents is 1. The Hall–Kier alpha value is -2.44. The first-order valence-electron chi connectivity index (χ1n) is 4.60. The van der Waals surface area contributed by atoms with Gasteiger partial charge in [0.25, 0.3) is 5.69 Å². The van der Waals surface area contributed by atoms with Crippen LogP contribution in [0.5, 0.6) is 0 Å². The number of hydrogen-bond acceptors (Lipinski definition) is 6. The van der Waals surface area contributed by atoms with Gasteiger partial charge in [0, 0.05) is 23.0 Å². The molecule has 0 fully saturated rings. The fourth-order valence-electron chi connectivity index (χ4n) is 1.35. The lowest BCUT2D eigenvalue weighted by Crippen LogP contribution is -2.09. The topological polar surface area (TPSA) is 119 Å². The summed E-state index contributed by atoms with van der Waals surface area (Å²) in [5, 5.41) is 18.2. The number of methoxy groups -OCH3 is 1. The van der Waals surface area contributed by atoms with Crippen molar-refractivity contribution in [1.82, 2.24) is 0 Å². The van der Waals surface area contributed by atoms with Crippen molar-refractivity contribution in [1.29, 1.82) is 5.41 Å². The summed E-state index contributed by atoms with van der Waals surface area (Å²) in [6.45, 7) is 1.45. The van der Waals surface area contributed by atoms with Crippen molar-refractivity contribution in [3.8, 4) is 0 Å². The fourth-order valence-corrected chi connectivity index (χ4v) is 1.35. The minimum absolute atomic E-state index is 0.0852. The van der Waals surface area contributed by atoms with E-state index in [4.69, 9.17) is 11.1 Å². The summed E-state index contributed by atoms with van der Waals surface area (Å²) in [6.07, 6.45) is 0. The standard InChI is InChI=1S/C10H11N3O4/c1-5(11)6-4-9(13(15)16)7(3-8(6)12)10(14)17-2/h3-4,11H,12H2,1-2H3. The number of carbonyl (C=O) groups excluding carboxylic acids is 1. The van der Waals surface area contributed by atoms with Crippen molar-refractivity contribution in [2.45, 2.75) is 6.92 Å². The third kappa shape index (κ3) is 2.39. The summed E-state index contributed by atoms with van der Waals surface area (Å²) in [5.74, 6) is -0.836. The molecule has 0 atom stereocenters. The summed E-state index contributed by atoms with van der Waals surface area (Å²) in [5.41, 5.74) is 5.41. The van der Waals surface area contributed by atoms with Crippen molar-refractivity contribution in [3.63, 3.8) is 0 Å². The van der Waals surface area contributed by atoms with Crippen LogP contribution in [-0.4, -0.2) is 23.7 Å². The molecule has 1 rings (SSSR count). The highest BCUT2D eigenvalue weighted by molar-refractivity contribution is 6.04. The number of nitro groups is 1. The maximum atomic E-state index is 11.3. The molecule has 0 bridgehead atoms. The van der Waals surface area contributed by atoms with Crippen LogP contribution >= 0.6 is 0 Å². The Morgan fingerprint density at radius 2 is 2.06 bits per heavy atom. The molecule has 0 aliphatic heterocycles. The van der Waals surface area contributed by atoms with Gasteiger partial charge in [-0.05, 0) is 13.0 Å². The molecule has 0 radical (unpaired) electrons. The summed E-state index contributed by atoms with van der Waals surface area (Å²) < 4.78 is 4.43. The molecule has 7 heteroatoms. The Balaban J connectivity index is 3.52. The van der Waals surface area contributed by atoms with E-state index < -0.39 is 16.6 Å². The van der Waals surface area contributed by atoms with E-state index >= 15 is 0 Å². The van der Waals surface area contributed by atoms with Gasteiger partial charge >= 0.3 is 5.97 Å². The van der Waals surface area contributed by atoms with Crippen molar-refractivity contribution in [3.05, 3.63) is 33.4 Å². The largest absolute Gasteiger partial charge is 0.465 e. The number of nitrogens with two attached hydrogens (primary N) is 1. The molecule has 0 amide bonds. The Morgan fingerprint density at radius 3 is 2.47 bits per heavy atom. The maximum absolute atomic E-state index is 11.3. The van der Waals surface area contributed by atoms with Crippen molar-refractivity contribution < 1.29 is 14.5 Å². The van der Waals surface area contributed by atoms with E-state index in [-0.39, 0.29) is 22.5 Å². The number of benzene rings is 1. The number of anilines is 1. The van der Waals surface area contributed by atoms with Crippen LogP contribution in [0.2, 0.25) is 0 Å². The Labute approximate surface area is 96.8 Å². The predicted molar refractivity (Wildman–Crippen MR) is 61.4 cm³/mol. The monoisotopic (exact) mass is 237 g/mol. The van der Waals surface area contributed by atoms with Gasteiger partial charge in [0.15, 0.2) is 0 Å². The summed E-state index contributed by atoms with van der Waals surface area (Å²) >= 11 is 0. The van der Waals surface area contributed by atoms with Crippen LogP contribution in [0.1, 0.15) is 22.8 Å². The summed E-state index contributed by atoms with van der Waals surface area (Å²) in [4.78, 5) is 21.4. The van der Waals surface area contributed by atoms with E-state index in [1.54, 1.807) is 0 Å². The van der Waals surface area contributed by atoms with Gasteiger partial charge < -0.3 is 15.9 Å². The van der Waals surface area contributed by atoms with E-state index in [0.717, 1.165) is 19.2 Å². The van der Waals surface area contributed by atoms with E-state index in [9.17, 15) is 14.9 Å². The van der Waals surface area contributed by atoms with Crippen LogP contribution in [0.15, 0.2) is 12.1 Å². The molecule has 0 heterocycles. The molecule has 3 N–H and O–H groups in total. The molecule has 0 aliphatic rings. The SMILES string of the molecule is COC(=O)c1cc(N)c(C(C)=N)cc1[N+](=O)[O-]. The predicted octanol–water partition coefficient (Wildman–Crippen LogP) is 1.35. The molecule has 0 aliphatic carbocycles. The first-order chi connectivity index (χ1) is 7.88. The molecule has 17 heavy (non-hydrogen) atoms. The van der Waals surface area contributed by atoms with Crippen LogP contribution in [0, 0.1) is 15.5 Å². The second kappa shape index (κ2) is 4.60. The number of nitrogen functional groups attached to an aromatic ring is 1. The minimum atomic E-state index is -0.836. The molecule has 0 saturated carbocycles. The summed E-state index contributed by atoms with van der Waals surface area (Å²) in [7, 11) is 1.12. The van der Waals surface area contributed by atoms with Gasteiger partial charge in [0.05, 0.1) is 12.0 Å². The molecule has 0 spiro atoms. The lowest BCUT2D eigenvalue weighted by atomic mass is 10.0. The van der Waals surface area contributed by atoms with Crippen LogP contribution in [0.3, 0.4) is 0 Å². The zero-order chi connectivity index (χ0) is 13.2. The fraction of sp³-hybridized carbons (Fsp3) is 0.200. The quantitative estimate of drug-likeness (QED) is 0.270. The summed E-state index contributed by atoms with van der Waals surface area (Å²) in [6, 6.07) is 2.25. The minimum Gasteiger partial charge on any atom is -0.465 e. The third-order valence-electron chi connectivity index (χ3n) is 2.17. The number of esters is 1. The van der Waals surface area contributed by atoms with Gasteiger partial charge in [-0.3, -0.25) is 10.1 Å². The van der Waals surface area contributed by atoms with Crippen molar-refractivity contribution in [2.75, 3.05) is 12.8 Å². The Bertz CT molecular complexity index is 511. The average Bonchev–Trinajstić information content (AvgIpc) is 2.26. The molecule has 0 unspecified atom stereocenters. The molecule has 0 aromatic heterocycles. The molecular weight excluding hydrogens is 226 g/mol. The van der Waals surface area contributed by atoms with Gasteiger partial charge in [-0.15, -0.1) is 0 Å². The zero-order valence-electron chi connectivity index (χ0n) is 9.31. The highest BCUT2D eigenvalue weighted by Gasteiger charge is 2.23. The first kappa shape index (κ1) is 12.6. The number of ether oxygens (including phenoxy) is 1. The first-order valence-corrected chi connectivity index (χ1v) is 4.60. The van der Waals surface area contributed by atoms with Gasteiger partial charge in [-0.1, -0.05) is 0 Å². The van der Waals surface area contributed by atoms with E-state index in [1.165, 1.54) is 6.92 Å². The van der Waals surface area contributed by atoms with E-state index in [0.29, 0.717) is 0 Å². The van der Waals surface area contributed by atoms with Gasteiger partial charge in [-0.25, -0.2) is 4.79 Å². The normalized spacial score (nSPS) is 9.76. The maximum Gasteiger partial charge on any atom is 0.344 e. The van der Waals surface area contributed by atoms with E-state index in [2.05, 4.69) is 4.74 Å². The highest BCUT2D eigenvalue weighted by atomic mass is 16.6. The number of rotatable bonds is 3. The smallest absolute Gasteiger partial charge is 0.344 e. The van der Waals surface area contributed by atoms with Crippen LogP contribution in [0.25, 0.3) is 0 Å². The number of nitrogens with one attached hydrogen (secondary N) is 1. The second-order valence-electron chi connectivity index (χ2n) is 3.33. The lowest BCUT2D eigenvalue weighted by molar-refractivity contribution is -0.385.